The predicted molar refractivity (Wildman–Crippen MR) is 68.6 cm³/mol. The summed E-state index contributed by atoms with van der Waals surface area (Å²) in [5, 5.41) is 6.72. The number of hydrogen-bond donors (Lipinski definition) is 2. The van der Waals surface area contributed by atoms with Gasteiger partial charge < -0.3 is 15.4 Å². The third kappa shape index (κ3) is 3.44. The Kier molecular flexibility index (Phi) is 4.39. The molecule has 0 saturated carbocycles. The van der Waals surface area contributed by atoms with E-state index in [2.05, 4.69) is 20.6 Å². The Morgan fingerprint density at radius 1 is 1.47 bits per heavy atom. The standard InChI is InChI=1S/C11H17ClN4O/c1-13-11-15-7-9(12)10(16-11)14-6-8-2-4-17-5-3-8/h7-8H,2-6H2,1H3,(H2,13,14,15,16). The fourth-order valence-electron chi connectivity index (χ4n) is 1.80. The minimum absolute atomic E-state index is 0.552. The van der Waals surface area contributed by atoms with Crippen LogP contribution in [0, 0.1) is 5.92 Å². The molecule has 0 unspecified atom stereocenters. The molecule has 1 aliphatic heterocycles. The van der Waals surface area contributed by atoms with E-state index in [0.717, 1.165) is 32.6 Å². The van der Waals surface area contributed by atoms with Crippen molar-refractivity contribution in [3.63, 3.8) is 0 Å². The van der Waals surface area contributed by atoms with Crippen molar-refractivity contribution in [2.45, 2.75) is 12.8 Å². The molecule has 0 aromatic carbocycles. The average molecular weight is 257 g/mol. The van der Waals surface area contributed by atoms with Crippen molar-refractivity contribution >= 4 is 23.4 Å². The van der Waals surface area contributed by atoms with E-state index in [4.69, 9.17) is 16.3 Å². The van der Waals surface area contributed by atoms with E-state index in [9.17, 15) is 0 Å². The van der Waals surface area contributed by atoms with Crippen LogP contribution >= 0.6 is 11.6 Å². The summed E-state index contributed by atoms with van der Waals surface area (Å²) in [6.45, 7) is 2.58. The molecule has 5 nitrogen and oxygen atoms in total. The number of nitrogens with one attached hydrogen (secondary N) is 2. The highest BCUT2D eigenvalue weighted by atomic mass is 35.5. The van der Waals surface area contributed by atoms with Crippen molar-refractivity contribution in [3.05, 3.63) is 11.2 Å². The molecule has 0 spiro atoms. The van der Waals surface area contributed by atoms with Gasteiger partial charge in [0, 0.05) is 26.8 Å². The number of ether oxygens (including phenoxy) is 1. The van der Waals surface area contributed by atoms with Gasteiger partial charge in [-0.05, 0) is 18.8 Å². The highest BCUT2D eigenvalue weighted by Gasteiger charge is 2.14. The number of aromatic nitrogens is 2. The zero-order chi connectivity index (χ0) is 12.1. The van der Waals surface area contributed by atoms with E-state index < -0.39 is 0 Å². The molecular formula is C11H17ClN4O. The van der Waals surface area contributed by atoms with Crippen LogP contribution in [0.3, 0.4) is 0 Å². The number of hydrogen-bond acceptors (Lipinski definition) is 5. The molecule has 0 bridgehead atoms. The molecule has 0 atom stereocenters. The molecule has 1 fully saturated rings. The monoisotopic (exact) mass is 256 g/mol. The summed E-state index contributed by atoms with van der Waals surface area (Å²) < 4.78 is 5.32. The van der Waals surface area contributed by atoms with Gasteiger partial charge in [-0.25, -0.2) is 4.98 Å². The van der Waals surface area contributed by atoms with Crippen LogP contribution in [0.1, 0.15) is 12.8 Å². The fraction of sp³-hybridized carbons (Fsp3) is 0.636. The van der Waals surface area contributed by atoms with Gasteiger partial charge in [0.15, 0.2) is 0 Å². The lowest BCUT2D eigenvalue weighted by Crippen LogP contribution is -2.23. The quantitative estimate of drug-likeness (QED) is 0.863. The normalized spacial score (nSPS) is 16.8. The molecule has 1 aromatic heterocycles. The summed E-state index contributed by atoms with van der Waals surface area (Å²) in [6, 6.07) is 0. The van der Waals surface area contributed by atoms with Crippen LogP contribution in [0.4, 0.5) is 11.8 Å². The zero-order valence-electron chi connectivity index (χ0n) is 9.87. The Labute approximate surface area is 106 Å². The van der Waals surface area contributed by atoms with Gasteiger partial charge >= 0.3 is 0 Å². The van der Waals surface area contributed by atoms with Gasteiger partial charge in [-0.15, -0.1) is 0 Å². The molecule has 0 aliphatic carbocycles. The van der Waals surface area contributed by atoms with E-state index in [1.807, 2.05) is 0 Å². The molecular weight excluding hydrogens is 240 g/mol. The molecule has 1 saturated heterocycles. The lowest BCUT2D eigenvalue weighted by molar-refractivity contribution is 0.0699. The first-order chi connectivity index (χ1) is 8.29. The molecule has 2 heterocycles. The molecule has 1 aliphatic rings. The third-order valence-corrected chi connectivity index (χ3v) is 3.14. The van der Waals surface area contributed by atoms with Crippen molar-refractivity contribution < 1.29 is 4.74 Å². The Morgan fingerprint density at radius 3 is 2.94 bits per heavy atom. The summed E-state index contributed by atoms with van der Waals surface area (Å²) in [4.78, 5) is 8.32. The molecule has 0 amide bonds. The summed E-state index contributed by atoms with van der Waals surface area (Å²) in [5.74, 6) is 1.90. The number of rotatable bonds is 4. The van der Waals surface area contributed by atoms with Crippen LogP contribution < -0.4 is 10.6 Å². The molecule has 2 rings (SSSR count). The smallest absolute Gasteiger partial charge is 0.224 e. The number of halogens is 1. The van der Waals surface area contributed by atoms with Crippen molar-refractivity contribution in [1.82, 2.24) is 9.97 Å². The van der Waals surface area contributed by atoms with Crippen LogP contribution in [0.15, 0.2) is 6.20 Å². The van der Waals surface area contributed by atoms with Gasteiger partial charge in [0.1, 0.15) is 10.8 Å². The van der Waals surface area contributed by atoms with Gasteiger partial charge in [-0.2, -0.15) is 4.98 Å². The summed E-state index contributed by atoms with van der Waals surface area (Å²) >= 11 is 6.03. The maximum atomic E-state index is 6.03. The average Bonchev–Trinajstić information content (AvgIpc) is 2.39. The Bertz CT molecular complexity index is 368. The first kappa shape index (κ1) is 12.4. The number of anilines is 2. The van der Waals surface area contributed by atoms with Crippen LogP contribution in [0.25, 0.3) is 0 Å². The zero-order valence-corrected chi connectivity index (χ0v) is 10.6. The highest BCUT2D eigenvalue weighted by Crippen LogP contribution is 2.21. The van der Waals surface area contributed by atoms with Gasteiger partial charge in [0.25, 0.3) is 0 Å². The maximum absolute atomic E-state index is 6.03. The van der Waals surface area contributed by atoms with Crippen LogP contribution in [0.5, 0.6) is 0 Å². The molecule has 17 heavy (non-hydrogen) atoms. The van der Waals surface area contributed by atoms with Crippen molar-refractivity contribution in [1.29, 1.82) is 0 Å². The van der Waals surface area contributed by atoms with Crippen molar-refractivity contribution in [2.75, 3.05) is 37.4 Å². The van der Waals surface area contributed by atoms with Gasteiger partial charge in [-0.1, -0.05) is 11.6 Å². The van der Waals surface area contributed by atoms with Gasteiger partial charge in [0.05, 0.1) is 6.20 Å². The van der Waals surface area contributed by atoms with Gasteiger partial charge in [-0.3, -0.25) is 0 Å². The van der Waals surface area contributed by atoms with E-state index in [0.29, 0.717) is 22.7 Å². The molecule has 6 heteroatoms. The largest absolute Gasteiger partial charge is 0.381 e. The molecule has 94 valence electrons. The van der Waals surface area contributed by atoms with Gasteiger partial charge in [0.2, 0.25) is 5.95 Å². The fourth-order valence-corrected chi connectivity index (χ4v) is 1.96. The Balaban J connectivity index is 1.92. The second-order valence-electron chi connectivity index (χ2n) is 4.08. The summed E-state index contributed by atoms with van der Waals surface area (Å²) in [6.07, 6.45) is 3.79. The summed E-state index contributed by atoms with van der Waals surface area (Å²) in [5.41, 5.74) is 0. The number of nitrogens with zero attached hydrogens (tertiary/aromatic N) is 2. The topological polar surface area (TPSA) is 59.1 Å². The predicted octanol–water partition coefficient (Wildman–Crippen LogP) is 2.01. The van der Waals surface area contributed by atoms with E-state index >= 15 is 0 Å². The van der Waals surface area contributed by atoms with E-state index in [1.54, 1.807) is 13.2 Å². The maximum Gasteiger partial charge on any atom is 0.224 e. The second-order valence-corrected chi connectivity index (χ2v) is 4.48. The minimum Gasteiger partial charge on any atom is -0.381 e. The SMILES string of the molecule is CNc1ncc(Cl)c(NCC2CCOCC2)n1. The lowest BCUT2D eigenvalue weighted by atomic mass is 10.0. The second kappa shape index (κ2) is 6.02. The van der Waals surface area contributed by atoms with Crippen LogP contribution in [0.2, 0.25) is 5.02 Å². The summed E-state index contributed by atoms with van der Waals surface area (Å²) in [7, 11) is 1.78. The first-order valence-corrected chi connectivity index (χ1v) is 6.19. The lowest BCUT2D eigenvalue weighted by Gasteiger charge is -2.22. The van der Waals surface area contributed by atoms with Crippen LogP contribution in [-0.2, 0) is 4.74 Å². The molecule has 0 radical (unpaired) electrons. The third-order valence-electron chi connectivity index (χ3n) is 2.87. The molecule has 2 N–H and O–H groups in total. The highest BCUT2D eigenvalue weighted by molar-refractivity contribution is 6.32. The van der Waals surface area contributed by atoms with E-state index in [1.165, 1.54) is 0 Å². The Morgan fingerprint density at radius 2 is 2.24 bits per heavy atom. The first-order valence-electron chi connectivity index (χ1n) is 5.81. The minimum atomic E-state index is 0.552. The Hall–Kier alpha value is -1.07. The molecule has 1 aromatic rings. The van der Waals surface area contributed by atoms with Crippen molar-refractivity contribution in [3.8, 4) is 0 Å². The van der Waals surface area contributed by atoms with Crippen LogP contribution in [-0.4, -0.2) is 36.8 Å². The van der Waals surface area contributed by atoms with E-state index in [-0.39, 0.29) is 0 Å². The van der Waals surface area contributed by atoms with Crippen molar-refractivity contribution in [2.24, 2.45) is 5.92 Å².